The molecule has 0 heterocycles. The van der Waals surface area contributed by atoms with Crippen molar-refractivity contribution in [3.8, 4) is 0 Å². The molecule has 0 aliphatic heterocycles. The van der Waals surface area contributed by atoms with Gasteiger partial charge in [0.2, 0.25) is 0 Å². The fourth-order valence-corrected chi connectivity index (χ4v) is 2.40. The van der Waals surface area contributed by atoms with E-state index in [0.717, 1.165) is 37.0 Å². The van der Waals surface area contributed by atoms with Crippen LogP contribution in [-0.2, 0) is 6.42 Å². The number of unbranched alkanes of at least 4 members (excludes halogenated alkanes) is 1. The minimum atomic E-state index is -4.35. The van der Waals surface area contributed by atoms with Gasteiger partial charge < -0.3 is 5.73 Å². The maximum Gasteiger partial charge on any atom is 0.416 e. The Morgan fingerprint density at radius 3 is 2.39 bits per heavy atom. The van der Waals surface area contributed by atoms with E-state index in [0.29, 0.717) is 5.57 Å². The minimum Gasteiger partial charge on any atom is -0.321 e. The zero-order valence-corrected chi connectivity index (χ0v) is 12.8. The average molecular weight is 319 g/mol. The first-order chi connectivity index (χ1) is 10.9. The van der Waals surface area contributed by atoms with Crippen LogP contribution in [0.1, 0.15) is 24.0 Å². The van der Waals surface area contributed by atoms with Gasteiger partial charge in [-0.3, -0.25) is 0 Å². The fraction of sp³-hybridized carbons (Fsp3) is 0.263. The van der Waals surface area contributed by atoms with Crippen molar-refractivity contribution >= 4 is 6.08 Å². The monoisotopic (exact) mass is 319 g/mol. The molecule has 0 radical (unpaired) electrons. The molecule has 0 spiro atoms. The van der Waals surface area contributed by atoms with Gasteiger partial charge in [0.15, 0.2) is 0 Å². The van der Waals surface area contributed by atoms with E-state index < -0.39 is 17.8 Å². The van der Waals surface area contributed by atoms with Gasteiger partial charge in [-0.05, 0) is 48.1 Å². The normalized spacial score (nSPS) is 19.7. The number of aryl methyl sites for hydroxylation is 1. The van der Waals surface area contributed by atoms with Crippen molar-refractivity contribution in [2.24, 2.45) is 5.73 Å². The van der Waals surface area contributed by atoms with Gasteiger partial charge in [0.05, 0.1) is 5.57 Å². The summed E-state index contributed by atoms with van der Waals surface area (Å²) in [5.74, 6) is 0. The zero-order valence-electron chi connectivity index (χ0n) is 12.8. The molecular formula is C19H20F3N. The van der Waals surface area contributed by atoms with Gasteiger partial charge in [0.25, 0.3) is 0 Å². The van der Waals surface area contributed by atoms with Crippen molar-refractivity contribution in [2.45, 2.75) is 31.5 Å². The number of benzene rings is 1. The number of alkyl halides is 3. The topological polar surface area (TPSA) is 26.0 Å². The Morgan fingerprint density at radius 2 is 1.83 bits per heavy atom. The second-order valence-electron chi connectivity index (χ2n) is 5.55. The highest BCUT2D eigenvalue weighted by Crippen LogP contribution is 2.30. The van der Waals surface area contributed by atoms with E-state index in [9.17, 15) is 13.2 Å². The van der Waals surface area contributed by atoms with Crippen molar-refractivity contribution in [3.63, 3.8) is 0 Å². The van der Waals surface area contributed by atoms with E-state index in [4.69, 9.17) is 5.73 Å². The number of halogens is 3. The van der Waals surface area contributed by atoms with Gasteiger partial charge in [-0.25, -0.2) is 0 Å². The summed E-state index contributed by atoms with van der Waals surface area (Å²) in [7, 11) is 0. The maximum atomic E-state index is 12.6. The number of allylic oxidation sites excluding steroid dienone is 3. The van der Waals surface area contributed by atoms with E-state index in [1.807, 2.05) is 36.4 Å². The van der Waals surface area contributed by atoms with Crippen LogP contribution in [0.15, 0.2) is 66.3 Å². The third-order valence-electron chi connectivity index (χ3n) is 3.71. The highest BCUT2D eigenvalue weighted by molar-refractivity contribution is 5.61. The Bertz CT molecular complexity index is 634. The summed E-state index contributed by atoms with van der Waals surface area (Å²) >= 11 is 0. The molecule has 1 aliphatic carbocycles. The molecule has 0 saturated heterocycles. The number of nitrogens with two attached hydrogens (primary N) is 1. The standard InChI is InChI=1S/C19H20F3N/c1-2-3-4-5-14-6-8-15(9-7-14)12-16-10-11-17(13-18(16)23)19(20,21)22/h2,6-13,18H,1,3-5,23H2. The molecule has 0 aromatic heterocycles. The van der Waals surface area contributed by atoms with Crippen LogP contribution >= 0.6 is 0 Å². The van der Waals surface area contributed by atoms with E-state index >= 15 is 0 Å². The third kappa shape index (κ3) is 4.96. The molecule has 2 rings (SSSR count). The highest BCUT2D eigenvalue weighted by atomic mass is 19.4. The lowest BCUT2D eigenvalue weighted by atomic mass is 9.95. The first kappa shape index (κ1) is 17.3. The molecule has 4 heteroatoms. The van der Waals surface area contributed by atoms with E-state index in [2.05, 4.69) is 6.58 Å². The Kier molecular flexibility index (Phi) is 5.61. The Labute approximate surface area is 134 Å². The molecule has 2 N–H and O–H groups in total. The van der Waals surface area contributed by atoms with Crippen LogP contribution in [-0.4, -0.2) is 12.2 Å². The van der Waals surface area contributed by atoms with Crippen molar-refractivity contribution in [2.75, 3.05) is 0 Å². The van der Waals surface area contributed by atoms with Crippen LogP contribution in [0.25, 0.3) is 6.08 Å². The van der Waals surface area contributed by atoms with Crippen molar-refractivity contribution < 1.29 is 13.2 Å². The van der Waals surface area contributed by atoms with Crippen molar-refractivity contribution in [1.82, 2.24) is 0 Å². The summed E-state index contributed by atoms with van der Waals surface area (Å²) in [6, 6.07) is 7.23. The molecule has 1 aliphatic rings. The van der Waals surface area contributed by atoms with Gasteiger partial charge in [0, 0.05) is 6.04 Å². The van der Waals surface area contributed by atoms with Crippen LogP contribution in [0.4, 0.5) is 13.2 Å². The summed E-state index contributed by atoms with van der Waals surface area (Å²) in [4.78, 5) is 0. The molecule has 1 aromatic carbocycles. The predicted octanol–water partition coefficient (Wildman–Crippen LogP) is 4.96. The lowest BCUT2D eigenvalue weighted by Gasteiger charge is -2.18. The molecule has 1 unspecified atom stereocenters. The Hall–Kier alpha value is -2.07. The lowest BCUT2D eigenvalue weighted by Crippen LogP contribution is -2.25. The van der Waals surface area contributed by atoms with Gasteiger partial charge in [0.1, 0.15) is 0 Å². The first-order valence-corrected chi connectivity index (χ1v) is 7.54. The largest absolute Gasteiger partial charge is 0.416 e. The molecule has 0 bridgehead atoms. The number of hydrogen-bond donors (Lipinski definition) is 1. The van der Waals surface area contributed by atoms with Gasteiger partial charge >= 0.3 is 6.18 Å². The van der Waals surface area contributed by atoms with Crippen LogP contribution in [0.2, 0.25) is 0 Å². The first-order valence-electron chi connectivity index (χ1n) is 7.54. The van der Waals surface area contributed by atoms with E-state index in [1.165, 1.54) is 11.6 Å². The molecule has 0 saturated carbocycles. The molecular weight excluding hydrogens is 299 g/mol. The second-order valence-corrected chi connectivity index (χ2v) is 5.55. The van der Waals surface area contributed by atoms with Crippen LogP contribution in [0.5, 0.6) is 0 Å². The predicted molar refractivity (Wildman–Crippen MR) is 88.8 cm³/mol. The second kappa shape index (κ2) is 7.47. The smallest absolute Gasteiger partial charge is 0.321 e. The molecule has 122 valence electrons. The molecule has 0 fully saturated rings. The Morgan fingerprint density at radius 1 is 1.13 bits per heavy atom. The third-order valence-corrected chi connectivity index (χ3v) is 3.71. The average Bonchev–Trinajstić information content (AvgIpc) is 2.50. The van der Waals surface area contributed by atoms with Gasteiger partial charge in [-0.2, -0.15) is 13.2 Å². The fourth-order valence-electron chi connectivity index (χ4n) is 2.40. The summed E-state index contributed by atoms with van der Waals surface area (Å²) in [5, 5.41) is 0. The van der Waals surface area contributed by atoms with E-state index in [-0.39, 0.29) is 0 Å². The summed E-state index contributed by atoms with van der Waals surface area (Å²) < 4.78 is 37.9. The SMILES string of the molecule is C=CCCCc1ccc(C=C2C=CC(C(F)(F)F)=CC2N)cc1. The molecule has 23 heavy (non-hydrogen) atoms. The lowest BCUT2D eigenvalue weighted by molar-refractivity contribution is -0.0885. The van der Waals surface area contributed by atoms with Gasteiger partial charge in [-0.15, -0.1) is 6.58 Å². The molecule has 0 amide bonds. The number of rotatable bonds is 5. The Balaban J connectivity index is 2.07. The number of hydrogen-bond acceptors (Lipinski definition) is 1. The van der Waals surface area contributed by atoms with Crippen molar-refractivity contribution in [3.05, 3.63) is 77.4 Å². The molecule has 1 nitrogen and oxygen atoms in total. The molecule has 1 aromatic rings. The van der Waals surface area contributed by atoms with Crippen LogP contribution < -0.4 is 5.73 Å². The molecule has 1 atom stereocenters. The summed E-state index contributed by atoms with van der Waals surface area (Å²) in [6.45, 7) is 3.70. The van der Waals surface area contributed by atoms with Crippen molar-refractivity contribution in [1.29, 1.82) is 0 Å². The zero-order chi connectivity index (χ0) is 16.9. The maximum absolute atomic E-state index is 12.6. The summed E-state index contributed by atoms with van der Waals surface area (Å²) in [6.07, 6.45) is 5.95. The van der Waals surface area contributed by atoms with Crippen LogP contribution in [0, 0.1) is 0 Å². The minimum absolute atomic E-state index is 0.664. The van der Waals surface area contributed by atoms with Gasteiger partial charge in [-0.1, -0.05) is 42.5 Å². The summed E-state index contributed by atoms with van der Waals surface area (Å²) in [5.41, 5.74) is 7.95. The highest BCUT2D eigenvalue weighted by Gasteiger charge is 2.33. The van der Waals surface area contributed by atoms with E-state index in [1.54, 1.807) is 0 Å². The van der Waals surface area contributed by atoms with Crippen LogP contribution in [0.3, 0.4) is 0 Å². The quantitative estimate of drug-likeness (QED) is 0.602.